The van der Waals surface area contributed by atoms with E-state index < -0.39 is 13.7 Å². The van der Waals surface area contributed by atoms with Crippen LogP contribution in [-0.2, 0) is 12.0 Å². The van der Waals surface area contributed by atoms with Gasteiger partial charge in [-0.1, -0.05) is 31.8 Å². The number of benzene rings is 1. The SMILES string of the molecule is C[Si](C)(C)C[C@](O)(Cc1nc[nH]n1)c1ccc(F)cc1. The molecule has 0 bridgehead atoms. The van der Waals surface area contributed by atoms with Gasteiger partial charge in [0.25, 0.3) is 0 Å². The lowest BCUT2D eigenvalue weighted by Crippen LogP contribution is -2.38. The Labute approximate surface area is 119 Å². The third-order valence-electron chi connectivity index (χ3n) is 3.12. The second-order valence-corrected chi connectivity index (χ2v) is 11.8. The predicted octanol–water partition coefficient (Wildman–Crippen LogP) is 2.71. The van der Waals surface area contributed by atoms with Gasteiger partial charge in [0.1, 0.15) is 12.1 Å². The van der Waals surface area contributed by atoms with E-state index in [1.54, 1.807) is 12.1 Å². The van der Waals surface area contributed by atoms with Crippen molar-refractivity contribution in [2.45, 2.75) is 37.7 Å². The highest BCUT2D eigenvalue weighted by Crippen LogP contribution is 2.33. The highest BCUT2D eigenvalue weighted by molar-refractivity contribution is 6.76. The molecule has 4 nitrogen and oxygen atoms in total. The fraction of sp³-hybridized carbons (Fsp3) is 0.429. The van der Waals surface area contributed by atoms with Crippen LogP contribution in [0.25, 0.3) is 0 Å². The van der Waals surface area contributed by atoms with Crippen LogP contribution in [-0.4, -0.2) is 28.4 Å². The van der Waals surface area contributed by atoms with Gasteiger partial charge in [0.2, 0.25) is 0 Å². The summed E-state index contributed by atoms with van der Waals surface area (Å²) in [6.45, 7) is 6.58. The van der Waals surface area contributed by atoms with Crippen LogP contribution in [0.5, 0.6) is 0 Å². The van der Waals surface area contributed by atoms with Gasteiger partial charge in [-0.3, -0.25) is 5.10 Å². The van der Waals surface area contributed by atoms with Crippen LogP contribution in [0.2, 0.25) is 25.7 Å². The third kappa shape index (κ3) is 3.74. The van der Waals surface area contributed by atoms with Gasteiger partial charge in [-0.2, -0.15) is 5.10 Å². The molecule has 0 aliphatic rings. The summed E-state index contributed by atoms with van der Waals surface area (Å²) in [6, 6.07) is 6.70. The van der Waals surface area contributed by atoms with Crippen molar-refractivity contribution in [3.8, 4) is 0 Å². The van der Waals surface area contributed by atoms with Gasteiger partial charge in [-0.25, -0.2) is 9.37 Å². The molecular formula is C14H20FN3OSi. The van der Waals surface area contributed by atoms with Crippen molar-refractivity contribution in [2.24, 2.45) is 0 Å². The van der Waals surface area contributed by atoms with E-state index in [-0.39, 0.29) is 5.82 Å². The Morgan fingerprint density at radius 1 is 1.25 bits per heavy atom. The zero-order valence-electron chi connectivity index (χ0n) is 12.0. The number of hydrogen-bond acceptors (Lipinski definition) is 3. The summed E-state index contributed by atoms with van der Waals surface area (Å²) in [5.41, 5.74) is -0.341. The van der Waals surface area contributed by atoms with E-state index in [2.05, 4.69) is 34.8 Å². The van der Waals surface area contributed by atoms with Crippen molar-refractivity contribution in [3.05, 3.63) is 47.8 Å². The summed E-state index contributed by atoms with van der Waals surface area (Å²) in [5, 5.41) is 17.8. The molecule has 20 heavy (non-hydrogen) atoms. The number of H-pyrrole nitrogens is 1. The van der Waals surface area contributed by atoms with Crippen molar-refractivity contribution in [3.63, 3.8) is 0 Å². The van der Waals surface area contributed by atoms with Gasteiger partial charge in [0.15, 0.2) is 5.82 Å². The van der Waals surface area contributed by atoms with Crippen LogP contribution in [0.1, 0.15) is 11.4 Å². The fourth-order valence-electron chi connectivity index (χ4n) is 2.49. The molecule has 0 spiro atoms. The minimum absolute atomic E-state index is 0.304. The topological polar surface area (TPSA) is 61.8 Å². The second kappa shape index (κ2) is 5.45. The summed E-state index contributed by atoms with van der Waals surface area (Å²) < 4.78 is 13.1. The Morgan fingerprint density at radius 3 is 2.40 bits per heavy atom. The highest BCUT2D eigenvalue weighted by Gasteiger charge is 2.36. The second-order valence-electron chi connectivity index (χ2n) is 6.37. The number of nitrogens with zero attached hydrogens (tertiary/aromatic N) is 2. The van der Waals surface area contributed by atoms with Gasteiger partial charge in [0.05, 0.1) is 5.60 Å². The molecule has 2 aromatic rings. The zero-order chi connectivity index (χ0) is 14.8. The molecule has 0 aliphatic heterocycles. The van der Waals surface area contributed by atoms with Crippen LogP contribution in [0.3, 0.4) is 0 Å². The van der Waals surface area contributed by atoms with Crippen LogP contribution >= 0.6 is 0 Å². The van der Waals surface area contributed by atoms with Crippen molar-refractivity contribution in [2.75, 3.05) is 0 Å². The molecule has 0 saturated heterocycles. The Kier molecular flexibility index (Phi) is 4.05. The van der Waals surface area contributed by atoms with Crippen LogP contribution in [0.4, 0.5) is 4.39 Å². The monoisotopic (exact) mass is 293 g/mol. The summed E-state index contributed by atoms with van der Waals surface area (Å²) in [7, 11) is -1.53. The first kappa shape index (κ1) is 14.9. The molecule has 0 unspecified atom stereocenters. The van der Waals surface area contributed by atoms with E-state index in [4.69, 9.17) is 0 Å². The lowest BCUT2D eigenvalue weighted by atomic mass is 9.92. The van der Waals surface area contributed by atoms with Gasteiger partial charge >= 0.3 is 0 Å². The number of rotatable bonds is 5. The Morgan fingerprint density at radius 2 is 1.90 bits per heavy atom. The quantitative estimate of drug-likeness (QED) is 0.833. The molecule has 0 aliphatic carbocycles. The van der Waals surface area contributed by atoms with Crippen molar-refractivity contribution in [1.82, 2.24) is 15.2 Å². The first-order chi connectivity index (χ1) is 9.28. The third-order valence-corrected chi connectivity index (χ3v) is 4.77. The average Bonchev–Trinajstić information content (AvgIpc) is 2.79. The fourth-order valence-corrected chi connectivity index (χ4v) is 4.57. The molecule has 1 heterocycles. The van der Waals surface area contributed by atoms with Gasteiger partial charge in [-0.05, 0) is 23.7 Å². The molecule has 1 aromatic carbocycles. The molecule has 0 radical (unpaired) electrons. The predicted molar refractivity (Wildman–Crippen MR) is 78.5 cm³/mol. The molecule has 108 valence electrons. The van der Waals surface area contributed by atoms with E-state index in [1.807, 2.05) is 0 Å². The standard InChI is InChI=1S/C14H20FN3OSi/c1-20(2,3)9-14(19,8-13-16-10-17-18-13)11-4-6-12(15)7-5-11/h4-7,10,19H,8-9H2,1-3H3,(H,16,17,18)/t14-/m1/s1. The summed E-state index contributed by atoms with van der Waals surface area (Å²) in [4.78, 5) is 4.09. The number of aliphatic hydroxyl groups is 1. The van der Waals surface area contributed by atoms with Crippen molar-refractivity contribution in [1.29, 1.82) is 0 Å². The highest BCUT2D eigenvalue weighted by atomic mass is 28.3. The van der Waals surface area contributed by atoms with Crippen LogP contribution < -0.4 is 0 Å². The number of nitrogens with one attached hydrogen (secondary N) is 1. The average molecular weight is 293 g/mol. The van der Waals surface area contributed by atoms with Crippen LogP contribution in [0.15, 0.2) is 30.6 Å². The summed E-state index contributed by atoms with van der Waals surface area (Å²) >= 11 is 0. The minimum Gasteiger partial charge on any atom is -0.385 e. The molecule has 2 rings (SSSR count). The molecule has 0 fully saturated rings. The van der Waals surface area contributed by atoms with E-state index in [1.165, 1.54) is 18.5 Å². The molecule has 2 N–H and O–H groups in total. The number of hydrogen-bond donors (Lipinski definition) is 2. The maximum Gasteiger partial charge on any atom is 0.153 e. The molecule has 0 saturated carbocycles. The molecule has 1 aromatic heterocycles. The maximum absolute atomic E-state index is 13.1. The molecule has 0 amide bonds. The van der Waals surface area contributed by atoms with Gasteiger partial charge < -0.3 is 5.11 Å². The molecular weight excluding hydrogens is 273 g/mol. The van der Waals surface area contributed by atoms with E-state index in [0.29, 0.717) is 23.9 Å². The first-order valence-corrected chi connectivity index (χ1v) is 10.3. The number of aromatic amines is 1. The van der Waals surface area contributed by atoms with Crippen molar-refractivity contribution < 1.29 is 9.50 Å². The maximum atomic E-state index is 13.1. The lowest BCUT2D eigenvalue weighted by Gasteiger charge is -2.33. The molecule has 6 heteroatoms. The zero-order valence-corrected chi connectivity index (χ0v) is 13.0. The summed E-state index contributed by atoms with van der Waals surface area (Å²) in [5.74, 6) is 0.261. The smallest absolute Gasteiger partial charge is 0.153 e. The minimum atomic E-state index is -1.53. The number of aromatic nitrogens is 3. The lowest BCUT2D eigenvalue weighted by molar-refractivity contribution is 0.0540. The normalized spacial score (nSPS) is 15.1. The Balaban J connectivity index is 2.34. The largest absolute Gasteiger partial charge is 0.385 e. The van der Waals surface area contributed by atoms with Crippen molar-refractivity contribution >= 4 is 8.07 Å². The van der Waals surface area contributed by atoms with E-state index >= 15 is 0 Å². The van der Waals surface area contributed by atoms with E-state index in [9.17, 15) is 9.50 Å². The van der Waals surface area contributed by atoms with Gasteiger partial charge in [-0.15, -0.1) is 0 Å². The first-order valence-electron chi connectivity index (χ1n) is 6.62. The number of halogens is 1. The Bertz CT molecular complexity index is 551. The van der Waals surface area contributed by atoms with Gasteiger partial charge in [0, 0.05) is 14.5 Å². The van der Waals surface area contributed by atoms with Crippen LogP contribution in [0, 0.1) is 5.82 Å². The van der Waals surface area contributed by atoms with E-state index in [0.717, 1.165) is 0 Å². The molecule has 1 atom stereocenters. The Hall–Kier alpha value is -1.53. The summed E-state index contributed by atoms with van der Waals surface area (Å²) in [6.07, 6.45) is 1.82.